The average Bonchev–Trinajstić information content (AvgIpc) is 2.89. The van der Waals surface area contributed by atoms with Gasteiger partial charge < -0.3 is 15.8 Å². The van der Waals surface area contributed by atoms with Crippen molar-refractivity contribution in [1.29, 1.82) is 0 Å². The summed E-state index contributed by atoms with van der Waals surface area (Å²) < 4.78 is 7.25. The lowest BCUT2D eigenvalue weighted by Crippen LogP contribution is -2.49. The molecular formula is C17H26ClN5O2. The monoisotopic (exact) mass is 367 g/mol. The van der Waals surface area contributed by atoms with Crippen molar-refractivity contribution in [2.24, 2.45) is 5.73 Å². The number of halogens is 1. The molecule has 0 spiro atoms. The highest BCUT2D eigenvalue weighted by Crippen LogP contribution is 2.18. The lowest BCUT2D eigenvalue weighted by Gasteiger charge is -2.23. The fourth-order valence-corrected chi connectivity index (χ4v) is 2.14. The van der Waals surface area contributed by atoms with Crippen LogP contribution in [-0.2, 0) is 0 Å². The third-order valence-corrected chi connectivity index (χ3v) is 3.52. The molecule has 3 N–H and O–H groups in total. The Morgan fingerprint density at radius 2 is 1.92 bits per heavy atom. The summed E-state index contributed by atoms with van der Waals surface area (Å²) >= 11 is 0. The van der Waals surface area contributed by atoms with Gasteiger partial charge in [-0.3, -0.25) is 4.79 Å². The Bertz CT molecular complexity index is 710. The van der Waals surface area contributed by atoms with Gasteiger partial charge in [-0.15, -0.1) is 17.5 Å². The molecule has 2 rings (SSSR count). The molecule has 138 valence electrons. The minimum Gasteiger partial charge on any atom is -0.491 e. The van der Waals surface area contributed by atoms with Crippen molar-refractivity contribution in [3.63, 3.8) is 0 Å². The number of carbonyl (C=O) groups is 1. The number of ether oxygens (including phenoxy) is 1. The van der Waals surface area contributed by atoms with Crippen molar-refractivity contribution >= 4 is 18.3 Å². The smallest absolute Gasteiger partial charge is 0.274 e. The first kappa shape index (κ1) is 20.9. The lowest BCUT2D eigenvalue weighted by molar-refractivity contribution is 0.0910. The van der Waals surface area contributed by atoms with E-state index in [-0.39, 0.29) is 24.4 Å². The van der Waals surface area contributed by atoms with E-state index in [1.807, 2.05) is 58.9 Å². The second kappa shape index (κ2) is 8.31. The van der Waals surface area contributed by atoms with Gasteiger partial charge in [0.1, 0.15) is 5.75 Å². The second-order valence-electron chi connectivity index (χ2n) is 6.64. The van der Waals surface area contributed by atoms with Crippen molar-refractivity contribution < 1.29 is 9.53 Å². The van der Waals surface area contributed by atoms with Gasteiger partial charge >= 0.3 is 0 Å². The Kier molecular flexibility index (Phi) is 6.96. The molecule has 1 aromatic carbocycles. The number of hydrogen-bond acceptors (Lipinski definition) is 5. The molecule has 1 amide bonds. The van der Waals surface area contributed by atoms with Gasteiger partial charge in [-0.1, -0.05) is 5.21 Å². The zero-order valence-corrected chi connectivity index (χ0v) is 16.1. The van der Waals surface area contributed by atoms with E-state index in [0.29, 0.717) is 17.9 Å². The van der Waals surface area contributed by atoms with Crippen LogP contribution in [-0.4, -0.2) is 39.1 Å². The molecule has 0 radical (unpaired) electrons. The fraction of sp³-hybridized carbons (Fsp3) is 0.471. The van der Waals surface area contributed by atoms with Crippen LogP contribution < -0.4 is 15.8 Å². The van der Waals surface area contributed by atoms with E-state index in [4.69, 9.17) is 10.5 Å². The van der Waals surface area contributed by atoms with Crippen LogP contribution in [0.5, 0.6) is 5.75 Å². The van der Waals surface area contributed by atoms with Crippen molar-refractivity contribution in [1.82, 2.24) is 20.3 Å². The molecule has 0 bridgehead atoms. The minimum atomic E-state index is -0.497. The molecule has 0 aliphatic carbocycles. The van der Waals surface area contributed by atoms with Gasteiger partial charge in [0.05, 0.1) is 17.5 Å². The molecule has 0 atom stereocenters. The number of carbonyl (C=O) groups excluding carboxylic acids is 1. The summed E-state index contributed by atoms with van der Waals surface area (Å²) in [5.41, 5.74) is 6.92. The highest BCUT2D eigenvalue weighted by atomic mass is 35.5. The van der Waals surface area contributed by atoms with E-state index in [0.717, 1.165) is 11.4 Å². The van der Waals surface area contributed by atoms with Crippen LogP contribution in [0.25, 0.3) is 5.69 Å². The van der Waals surface area contributed by atoms with Gasteiger partial charge in [-0.05, 0) is 58.9 Å². The molecule has 8 heteroatoms. The fourth-order valence-electron chi connectivity index (χ4n) is 2.14. The normalized spacial score (nSPS) is 11.2. The van der Waals surface area contributed by atoms with E-state index in [2.05, 4.69) is 15.6 Å². The van der Waals surface area contributed by atoms with Gasteiger partial charge in [0.2, 0.25) is 0 Å². The van der Waals surface area contributed by atoms with Crippen LogP contribution >= 0.6 is 12.4 Å². The standard InChI is InChI=1S/C17H25N5O2.ClH/c1-11(2)24-14-8-6-13(7-9-14)22-12(3)15(20-21-22)16(23)19-17(4,5)10-18;/h6-9,11H,10,18H2,1-5H3,(H,19,23);1H. The van der Waals surface area contributed by atoms with Gasteiger partial charge in [-0.2, -0.15) is 0 Å². The predicted molar refractivity (Wildman–Crippen MR) is 99.7 cm³/mol. The summed E-state index contributed by atoms with van der Waals surface area (Å²) in [6.45, 7) is 9.81. The minimum absolute atomic E-state index is 0. The lowest BCUT2D eigenvalue weighted by atomic mass is 10.1. The molecule has 0 aliphatic rings. The third-order valence-electron chi connectivity index (χ3n) is 3.52. The van der Waals surface area contributed by atoms with Crippen molar-refractivity contribution in [2.45, 2.75) is 46.3 Å². The maximum atomic E-state index is 12.4. The second-order valence-corrected chi connectivity index (χ2v) is 6.64. The molecule has 0 saturated heterocycles. The maximum Gasteiger partial charge on any atom is 0.274 e. The van der Waals surface area contributed by atoms with Crippen LogP contribution in [0.1, 0.15) is 43.9 Å². The van der Waals surface area contributed by atoms with Crippen LogP contribution in [0.2, 0.25) is 0 Å². The number of amides is 1. The summed E-state index contributed by atoms with van der Waals surface area (Å²) in [6, 6.07) is 7.50. The molecule has 1 aromatic heterocycles. The summed E-state index contributed by atoms with van der Waals surface area (Å²) in [7, 11) is 0. The van der Waals surface area contributed by atoms with Crippen LogP contribution in [0, 0.1) is 6.92 Å². The molecule has 25 heavy (non-hydrogen) atoms. The predicted octanol–water partition coefficient (Wildman–Crippen LogP) is 2.25. The van der Waals surface area contributed by atoms with E-state index < -0.39 is 5.54 Å². The number of hydrogen-bond donors (Lipinski definition) is 2. The molecule has 7 nitrogen and oxygen atoms in total. The van der Waals surface area contributed by atoms with E-state index in [1.54, 1.807) is 4.68 Å². The topological polar surface area (TPSA) is 95.1 Å². The summed E-state index contributed by atoms with van der Waals surface area (Å²) in [6.07, 6.45) is 0.116. The number of nitrogens with zero attached hydrogens (tertiary/aromatic N) is 3. The number of rotatable bonds is 6. The zero-order chi connectivity index (χ0) is 17.9. The average molecular weight is 368 g/mol. The summed E-state index contributed by atoms with van der Waals surface area (Å²) in [5, 5.41) is 11.0. The van der Waals surface area contributed by atoms with Crippen molar-refractivity contribution in [3.05, 3.63) is 35.7 Å². The van der Waals surface area contributed by atoms with Crippen LogP contribution in [0.3, 0.4) is 0 Å². The summed E-state index contributed by atoms with van der Waals surface area (Å²) in [5.74, 6) is 0.503. The highest BCUT2D eigenvalue weighted by molar-refractivity contribution is 5.93. The van der Waals surface area contributed by atoms with Gasteiger partial charge in [0, 0.05) is 12.1 Å². The van der Waals surface area contributed by atoms with Gasteiger partial charge in [-0.25, -0.2) is 4.68 Å². The van der Waals surface area contributed by atoms with Gasteiger partial charge in [0.15, 0.2) is 5.69 Å². The Morgan fingerprint density at radius 1 is 1.32 bits per heavy atom. The Labute approximate surface area is 154 Å². The summed E-state index contributed by atoms with van der Waals surface area (Å²) in [4.78, 5) is 12.4. The van der Waals surface area contributed by atoms with E-state index in [9.17, 15) is 4.79 Å². The first-order valence-corrected chi connectivity index (χ1v) is 7.95. The molecule has 0 fully saturated rings. The molecule has 1 heterocycles. The number of nitrogens with one attached hydrogen (secondary N) is 1. The van der Waals surface area contributed by atoms with Crippen molar-refractivity contribution in [3.8, 4) is 11.4 Å². The Balaban J connectivity index is 0.00000312. The molecule has 0 unspecified atom stereocenters. The van der Waals surface area contributed by atoms with Crippen LogP contribution in [0.4, 0.5) is 0 Å². The maximum absolute atomic E-state index is 12.4. The van der Waals surface area contributed by atoms with E-state index in [1.165, 1.54) is 0 Å². The SMILES string of the molecule is Cc1c(C(=O)NC(C)(C)CN)nnn1-c1ccc(OC(C)C)cc1.Cl. The first-order valence-electron chi connectivity index (χ1n) is 7.95. The van der Waals surface area contributed by atoms with Crippen LogP contribution in [0.15, 0.2) is 24.3 Å². The van der Waals surface area contributed by atoms with Crippen molar-refractivity contribution in [2.75, 3.05) is 6.54 Å². The third kappa shape index (κ3) is 5.17. The highest BCUT2D eigenvalue weighted by Gasteiger charge is 2.23. The van der Waals surface area contributed by atoms with Gasteiger partial charge in [0.25, 0.3) is 5.91 Å². The quantitative estimate of drug-likeness (QED) is 0.816. The zero-order valence-electron chi connectivity index (χ0n) is 15.2. The Hall–Kier alpha value is -2.12. The number of benzene rings is 1. The largest absolute Gasteiger partial charge is 0.491 e. The Morgan fingerprint density at radius 3 is 2.44 bits per heavy atom. The number of nitrogens with two attached hydrogens (primary N) is 1. The molecule has 2 aromatic rings. The molecule has 0 saturated carbocycles. The number of aromatic nitrogens is 3. The molecule has 0 aliphatic heterocycles. The first-order chi connectivity index (χ1) is 11.2. The molecular weight excluding hydrogens is 342 g/mol. The van der Waals surface area contributed by atoms with E-state index >= 15 is 0 Å².